The van der Waals surface area contributed by atoms with Crippen LogP contribution in [0.1, 0.15) is 0 Å². The Morgan fingerprint density at radius 1 is 0.952 bits per heavy atom. The van der Waals surface area contributed by atoms with Crippen LogP contribution in [0, 0.1) is 5.82 Å². The summed E-state index contributed by atoms with van der Waals surface area (Å²) in [6.07, 6.45) is 0. The van der Waals surface area contributed by atoms with Crippen LogP contribution in [-0.4, -0.2) is 10.2 Å². The Balaban J connectivity index is 1.70. The van der Waals surface area contributed by atoms with E-state index in [9.17, 15) is 4.39 Å². The van der Waals surface area contributed by atoms with Crippen LogP contribution < -0.4 is 5.32 Å². The molecule has 1 aromatic heterocycles. The smallest absolute Gasteiger partial charge is 0.253 e. The normalized spacial score (nSPS) is 10.9. The minimum atomic E-state index is -0.312. The highest BCUT2D eigenvalue weighted by Crippen LogP contribution is 2.27. The molecular formula is C14H10FN5S. The lowest BCUT2D eigenvalue weighted by Gasteiger charge is -2.00. The van der Waals surface area contributed by atoms with Crippen LogP contribution in [0.5, 0.6) is 0 Å². The first-order valence-electron chi connectivity index (χ1n) is 6.12. The van der Waals surface area contributed by atoms with Crippen molar-refractivity contribution in [1.82, 2.24) is 10.2 Å². The Morgan fingerprint density at radius 2 is 1.81 bits per heavy atom. The van der Waals surface area contributed by atoms with Gasteiger partial charge in [0.1, 0.15) is 5.82 Å². The Morgan fingerprint density at radius 3 is 2.62 bits per heavy atom. The molecule has 0 amide bonds. The minimum Gasteiger partial charge on any atom is -0.330 e. The van der Waals surface area contributed by atoms with E-state index >= 15 is 0 Å². The Labute approximate surface area is 124 Å². The Kier molecular flexibility index (Phi) is 3.92. The molecule has 2 aromatic carbocycles. The van der Waals surface area contributed by atoms with Gasteiger partial charge in [-0.15, -0.1) is 20.4 Å². The van der Waals surface area contributed by atoms with Gasteiger partial charge in [0.15, 0.2) is 0 Å². The fraction of sp³-hybridized carbons (Fsp3) is 0. The number of nitrogens with zero attached hydrogens (tertiary/aromatic N) is 4. The fourth-order valence-corrected chi connectivity index (χ4v) is 2.18. The standard InChI is InChI=1S/C14H10FN5S/c15-10-5-4-8-12(9-10)16-13-18-20-14(21-13)19-17-11-6-2-1-3-7-11/h1-9H,(H,16,18). The quantitative estimate of drug-likeness (QED) is 0.701. The zero-order valence-corrected chi connectivity index (χ0v) is 11.6. The predicted octanol–water partition coefficient (Wildman–Crippen LogP) is 4.84. The van der Waals surface area contributed by atoms with Gasteiger partial charge in [0.2, 0.25) is 5.13 Å². The predicted molar refractivity (Wildman–Crippen MR) is 80.2 cm³/mol. The Hall–Kier alpha value is -2.67. The van der Waals surface area contributed by atoms with Crippen LogP contribution in [-0.2, 0) is 0 Å². The summed E-state index contributed by atoms with van der Waals surface area (Å²) in [6, 6.07) is 15.5. The third-order valence-electron chi connectivity index (χ3n) is 2.50. The fourth-order valence-electron chi connectivity index (χ4n) is 1.59. The summed E-state index contributed by atoms with van der Waals surface area (Å²) in [4.78, 5) is 0. The molecule has 0 spiro atoms. The number of hydrogen-bond acceptors (Lipinski definition) is 6. The molecule has 0 fully saturated rings. The SMILES string of the molecule is Fc1cccc(Nc2nnc(N=Nc3ccccc3)s2)c1. The molecule has 1 heterocycles. The van der Waals surface area contributed by atoms with Gasteiger partial charge in [0.25, 0.3) is 5.13 Å². The molecule has 0 aliphatic rings. The third-order valence-corrected chi connectivity index (χ3v) is 3.22. The molecule has 0 aliphatic heterocycles. The summed E-state index contributed by atoms with van der Waals surface area (Å²) in [5, 5.41) is 19.8. The van der Waals surface area contributed by atoms with Crippen LogP contribution in [0.15, 0.2) is 64.8 Å². The van der Waals surface area contributed by atoms with Crippen molar-refractivity contribution in [2.24, 2.45) is 10.2 Å². The summed E-state index contributed by atoms with van der Waals surface area (Å²) < 4.78 is 13.1. The molecule has 0 unspecified atom stereocenters. The number of halogens is 1. The zero-order chi connectivity index (χ0) is 14.5. The van der Waals surface area contributed by atoms with Crippen LogP contribution in [0.4, 0.5) is 26.0 Å². The molecule has 1 N–H and O–H groups in total. The van der Waals surface area contributed by atoms with E-state index in [1.165, 1.54) is 23.5 Å². The summed E-state index contributed by atoms with van der Waals surface area (Å²) in [7, 11) is 0. The highest BCUT2D eigenvalue weighted by Gasteiger charge is 2.04. The highest BCUT2D eigenvalue weighted by atomic mass is 32.1. The van der Waals surface area contributed by atoms with Crippen molar-refractivity contribution in [3.63, 3.8) is 0 Å². The van der Waals surface area contributed by atoms with E-state index in [0.717, 1.165) is 5.69 Å². The molecule has 0 radical (unpaired) electrons. The number of rotatable bonds is 4. The van der Waals surface area contributed by atoms with E-state index in [1.807, 2.05) is 30.3 Å². The van der Waals surface area contributed by atoms with E-state index in [0.29, 0.717) is 16.0 Å². The molecule has 0 saturated heterocycles. The van der Waals surface area contributed by atoms with E-state index in [4.69, 9.17) is 0 Å². The van der Waals surface area contributed by atoms with Gasteiger partial charge in [-0.2, -0.15) is 0 Å². The molecule has 0 aliphatic carbocycles. The molecule has 21 heavy (non-hydrogen) atoms. The second kappa shape index (κ2) is 6.19. The number of aromatic nitrogens is 2. The second-order valence-electron chi connectivity index (χ2n) is 4.06. The van der Waals surface area contributed by atoms with E-state index in [1.54, 1.807) is 12.1 Å². The van der Waals surface area contributed by atoms with Crippen molar-refractivity contribution in [3.8, 4) is 0 Å². The lowest BCUT2D eigenvalue weighted by Crippen LogP contribution is -1.89. The lowest BCUT2D eigenvalue weighted by atomic mass is 10.3. The molecule has 104 valence electrons. The molecular weight excluding hydrogens is 289 g/mol. The molecule has 0 bridgehead atoms. The van der Waals surface area contributed by atoms with Crippen molar-refractivity contribution in [1.29, 1.82) is 0 Å². The van der Waals surface area contributed by atoms with Gasteiger partial charge in [0.05, 0.1) is 5.69 Å². The van der Waals surface area contributed by atoms with Crippen molar-refractivity contribution in [2.75, 3.05) is 5.32 Å². The molecule has 0 atom stereocenters. The maximum Gasteiger partial charge on any atom is 0.253 e. The van der Waals surface area contributed by atoms with Crippen LogP contribution in [0.25, 0.3) is 0 Å². The highest BCUT2D eigenvalue weighted by molar-refractivity contribution is 7.18. The third kappa shape index (κ3) is 3.67. The summed E-state index contributed by atoms with van der Waals surface area (Å²) in [5.41, 5.74) is 1.35. The van der Waals surface area contributed by atoms with Gasteiger partial charge in [-0.1, -0.05) is 35.6 Å². The van der Waals surface area contributed by atoms with E-state index < -0.39 is 0 Å². The summed E-state index contributed by atoms with van der Waals surface area (Å²) >= 11 is 1.24. The number of hydrogen-bond donors (Lipinski definition) is 1. The monoisotopic (exact) mass is 299 g/mol. The number of anilines is 2. The van der Waals surface area contributed by atoms with Crippen molar-refractivity contribution in [3.05, 3.63) is 60.4 Å². The maximum atomic E-state index is 13.1. The second-order valence-corrected chi connectivity index (χ2v) is 5.02. The van der Waals surface area contributed by atoms with Crippen LogP contribution in [0.2, 0.25) is 0 Å². The van der Waals surface area contributed by atoms with Crippen LogP contribution >= 0.6 is 11.3 Å². The van der Waals surface area contributed by atoms with Crippen molar-refractivity contribution in [2.45, 2.75) is 0 Å². The number of nitrogens with one attached hydrogen (secondary N) is 1. The molecule has 3 aromatic rings. The zero-order valence-electron chi connectivity index (χ0n) is 10.8. The van der Waals surface area contributed by atoms with Gasteiger partial charge in [0, 0.05) is 5.69 Å². The van der Waals surface area contributed by atoms with Gasteiger partial charge in [-0.25, -0.2) is 4.39 Å². The molecule has 0 saturated carbocycles. The topological polar surface area (TPSA) is 62.5 Å². The number of azo groups is 1. The first-order valence-corrected chi connectivity index (χ1v) is 6.94. The first kappa shape index (κ1) is 13.3. The van der Waals surface area contributed by atoms with E-state index in [-0.39, 0.29) is 5.82 Å². The maximum absolute atomic E-state index is 13.1. The first-order chi connectivity index (χ1) is 10.3. The van der Waals surface area contributed by atoms with E-state index in [2.05, 4.69) is 25.7 Å². The summed E-state index contributed by atoms with van der Waals surface area (Å²) in [5.74, 6) is -0.312. The summed E-state index contributed by atoms with van der Waals surface area (Å²) in [6.45, 7) is 0. The van der Waals surface area contributed by atoms with Crippen molar-refractivity contribution >= 4 is 33.0 Å². The molecule has 7 heteroatoms. The average Bonchev–Trinajstić information content (AvgIpc) is 2.94. The average molecular weight is 299 g/mol. The number of benzene rings is 2. The van der Waals surface area contributed by atoms with Gasteiger partial charge in [-0.05, 0) is 30.3 Å². The van der Waals surface area contributed by atoms with Gasteiger partial charge in [-0.3, -0.25) is 0 Å². The van der Waals surface area contributed by atoms with Crippen LogP contribution in [0.3, 0.4) is 0 Å². The lowest BCUT2D eigenvalue weighted by molar-refractivity contribution is 0.628. The molecule has 5 nitrogen and oxygen atoms in total. The Bertz CT molecular complexity index is 757. The largest absolute Gasteiger partial charge is 0.330 e. The van der Waals surface area contributed by atoms with Crippen molar-refractivity contribution < 1.29 is 4.39 Å². The minimum absolute atomic E-state index is 0.312. The molecule has 3 rings (SSSR count). The van der Waals surface area contributed by atoms with Gasteiger partial charge < -0.3 is 5.32 Å². The van der Waals surface area contributed by atoms with Gasteiger partial charge >= 0.3 is 0 Å².